The molecule has 2 N–H and O–H groups in total. The summed E-state index contributed by atoms with van der Waals surface area (Å²) < 4.78 is 7.39. The molecule has 2 atom stereocenters. The monoisotopic (exact) mass is 645 g/mol. The molecule has 6 rings (SSSR count). The third-order valence-electron chi connectivity index (χ3n) is 8.69. The first-order valence-corrected chi connectivity index (χ1v) is 15.8. The molecule has 13 heteroatoms. The molecule has 2 aliphatic rings. The van der Waals surface area contributed by atoms with Crippen molar-refractivity contribution in [3.05, 3.63) is 81.8 Å². The molecule has 1 saturated heterocycles. The van der Waals surface area contributed by atoms with Crippen LogP contribution in [0.25, 0.3) is 11.0 Å². The SMILES string of the molecule is Cc1cc2occ(CC(=O)N3CCN4C(=O)[C@H](Cc5ccccc5)NC(=O)CCCn5cc(nn5)CNC(=O)[C@H]4C3)c2c(C)c1Cl. The highest BCUT2D eigenvalue weighted by Crippen LogP contribution is 2.33. The van der Waals surface area contributed by atoms with Crippen molar-refractivity contribution in [1.29, 1.82) is 0 Å². The van der Waals surface area contributed by atoms with Crippen LogP contribution in [-0.4, -0.2) is 80.1 Å². The molecule has 2 aliphatic heterocycles. The summed E-state index contributed by atoms with van der Waals surface area (Å²) in [6.45, 7) is 4.71. The Morgan fingerprint density at radius 1 is 1.11 bits per heavy atom. The van der Waals surface area contributed by atoms with Gasteiger partial charge in [-0.2, -0.15) is 0 Å². The molecule has 0 saturated carbocycles. The molecule has 4 heterocycles. The van der Waals surface area contributed by atoms with Gasteiger partial charge in [0, 0.05) is 48.4 Å². The maximum atomic E-state index is 14.2. The summed E-state index contributed by atoms with van der Waals surface area (Å²) in [6.07, 6.45) is 4.31. The Bertz CT molecular complexity index is 1790. The van der Waals surface area contributed by atoms with Gasteiger partial charge in [-0.15, -0.1) is 5.10 Å². The zero-order chi connectivity index (χ0) is 32.4. The van der Waals surface area contributed by atoms with Crippen LogP contribution in [-0.2, 0) is 45.1 Å². The van der Waals surface area contributed by atoms with Crippen LogP contribution >= 0.6 is 11.6 Å². The Labute approximate surface area is 271 Å². The van der Waals surface area contributed by atoms with Gasteiger partial charge >= 0.3 is 0 Å². The second-order valence-corrected chi connectivity index (χ2v) is 12.3. The Balaban J connectivity index is 1.27. The average molecular weight is 646 g/mol. The van der Waals surface area contributed by atoms with E-state index in [1.165, 1.54) is 4.90 Å². The van der Waals surface area contributed by atoms with E-state index in [-0.39, 0.29) is 63.2 Å². The maximum absolute atomic E-state index is 14.2. The molecule has 4 amide bonds. The van der Waals surface area contributed by atoms with Crippen LogP contribution < -0.4 is 10.6 Å². The topological polar surface area (TPSA) is 143 Å². The van der Waals surface area contributed by atoms with Gasteiger partial charge in [-0.25, -0.2) is 0 Å². The minimum absolute atomic E-state index is 0.0102. The van der Waals surface area contributed by atoms with E-state index in [2.05, 4.69) is 20.9 Å². The number of furan rings is 1. The van der Waals surface area contributed by atoms with E-state index < -0.39 is 18.0 Å². The number of aryl methyl sites for hydroxylation is 3. The lowest BCUT2D eigenvalue weighted by atomic mass is 10.0. The average Bonchev–Trinajstić information content (AvgIpc) is 3.68. The lowest BCUT2D eigenvalue weighted by molar-refractivity contribution is -0.150. The summed E-state index contributed by atoms with van der Waals surface area (Å²) in [5.74, 6) is -1.26. The van der Waals surface area contributed by atoms with E-state index in [9.17, 15) is 19.2 Å². The Hall–Kier alpha value is -4.71. The van der Waals surface area contributed by atoms with Crippen molar-refractivity contribution in [2.75, 3.05) is 19.6 Å². The number of rotatable bonds is 4. The molecule has 4 aromatic rings. The van der Waals surface area contributed by atoms with Crippen LogP contribution in [0.4, 0.5) is 0 Å². The van der Waals surface area contributed by atoms with Gasteiger partial charge in [0.2, 0.25) is 23.6 Å². The number of halogens is 1. The van der Waals surface area contributed by atoms with Gasteiger partial charge in [0.25, 0.3) is 0 Å². The Morgan fingerprint density at radius 3 is 2.72 bits per heavy atom. The standard InChI is InChI=1S/C33H36ClN7O5/c1-20-13-27-30(21(2)31(20)34)23(19-46-27)15-29(43)39-11-12-41-26(18-39)32(44)35-16-24-17-40(38-37-24)10-6-9-28(42)36-25(33(41)45)14-22-7-4-3-5-8-22/h3-5,7-8,13,17,19,25-26H,6,9-12,14-16,18H2,1-2H3,(H,35,44)(H,36,42)/t25-,26+/m0/s1. The van der Waals surface area contributed by atoms with Crippen LogP contribution in [0.1, 0.15) is 40.8 Å². The zero-order valence-electron chi connectivity index (χ0n) is 25.8. The number of hydrogen-bond acceptors (Lipinski definition) is 7. The number of piperazine rings is 1. The number of amides is 4. The first-order valence-electron chi connectivity index (χ1n) is 15.4. The van der Waals surface area contributed by atoms with Gasteiger partial charge in [-0.3, -0.25) is 23.9 Å². The lowest BCUT2D eigenvalue weighted by Crippen LogP contribution is -2.64. The highest BCUT2D eigenvalue weighted by Gasteiger charge is 2.40. The molecular formula is C33H36ClN7O5. The number of aromatic nitrogens is 3. The number of carbonyl (C=O) groups is 4. The summed E-state index contributed by atoms with van der Waals surface area (Å²) >= 11 is 6.51. The third kappa shape index (κ3) is 6.62. The number of nitrogens with one attached hydrogen (secondary N) is 2. The molecule has 2 bridgehead atoms. The molecule has 0 spiro atoms. The number of nitrogens with zero attached hydrogens (tertiary/aromatic N) is 5. The predicted molar refractivity (Wildman–Crippen MR) is 170 cm³/mol. The molecule has 0 aliphatic carbocycles. The Kier molecular flexibility index (Phi) is 9.07. The quantitative estimate of drug-likeness (QED) is 0.348. The first kappa shape index (κ1) is 31.3. The van der Waals surface area contributed by atoms with E-state index >= 15 is 0 Å². The van der Waals surface area contributed by atoms with Gasteiger partial charge < -0.3 is 24.9 Å². The van der Waals surface area contributed by atoms with Crippen LogP contribution in [0, 0.1) is 13.8 Å². The van der Waals surface area contributed by atoms with Gasteiger partial charge in [0.15, 0.2) is 0 Å². The maximum Gasteiger partial charge on any atom is 0.246 e. The fourth-order valence-corrected chi connectivity index (χ4v) is 6.40. The van der Waals surface area contributed by atoms with Crippen molar-refractivity contribution in [3.63, 3.8) is 0 Å². The minimum atomic E-state index is -0.986. The van der Waals surface area contributed by atoms with Crippen molar-refractivity contribution in [1.82, 2.24) is 35.4 Å². The van der Waals surface area contributed by atoms with E-state index in [4.69, 9.17) is 16.0 Å². The number of fused-ring (bicyclic) bond motifs is 4. The molecule has 240 valence electrons. The largest absolute Gasteiger partial charge is 0.464 e. The molecule has 0 unspecified atom stereocenters. The Morgan fingerprint density at radius 2 is 1.91 bits per heavy atom. The number of benzene rings is 2. The minimum Gasteiger partial charge on any atom is -0.464 e. The fraction of sp³-hybridized carbons (Fsp3) is 0.394. The molecule has 2 aromatic carbocycles. The molecule has 2 aromatic heterocycles. The van der Waals surface area contributed by atoms with E-state index in [0.717, 1.165) is 22.1 Å². The fourth-order valence-electron chi connectivity index (χ4n) is 6.25. The lowest BCUT2D eigenvalue weighted by Gasteiger charge is -2.42. The van der Waals surface area contributed by atoms with E-state index in [1.807, 2.05) is 50.2 Å². The predicted octanol–water partition coefficient (Wildman–Crippen LogP) is 2.71. The van der Waals surface area contributed by atoms with Crippen molar-refractivity contribution >= 4 is 46.2 Å². The number of carbonyl (C=O) groups excluding carboxylic acids is 4. The van der Waals surface area contributed by atoms with E-state index in [0.29, 0.717) is 34.8 Å². The summed E-state index contributed by atoms with van der Waals surface area (Å²) in [6, 6.07) is 9.41. The van der Waals surface area contributed by atoms with Gasteiger partial charge in [-0.1, -0.05) is 47.1 Å². The summed E-state index contributed by atoms with van der Waals surface area (Å²) in [7, 11) is 0. The second kappa shape index (κ2) is 13.3. The van der Waals surface area contributed by atoms with Crippen molar-refractivity contribution in [2.24, 2.45) is 0 Å². The summed E-state index contributed by atoms with van der Waals surface area (Å²) in [4.78, 5) is 57.7. The smallest absolute Gasteiger partial charge is 0.246 e. The molecule has 0 radical (unpaired) electrons. The molecule has 12 nitrogen and oxygen atoms in total. The first-order chi connectivity index (χ1) is 22.2. The van der Waals surface area contributed by atoms with Gasteiger partial charge in [0.05, 0.1) is 32.0 Å². The van der Waals surface area contributed by atoms with Crippen molar-refractivity contribution < 1.29 is 23.6 Å². The van der Waals surface area contributed by atoms with Gasteiger partial charge in [-0.05, 0) is 43.0 Å². The number of hydrogen-bond donors (Lipinski definition) is 2. The van der Waals surface area contributed by atoms with Crippen molar-refractivity contribution in [2.45, 2.75) is 64.7 Å². The normalized spacial score (nSPS) is 19.7. The van der Waals surface area contributed by atoms with Crippen molar-refractivity contribution in [3.8, 4) is 0 Å². The van der Waals surface area contributed by atoms with Crippen LogP contribution in [0.3, 0.4) is 0 Å². The highest BCUT2D eigenvalue weighted by molar-refractivity contribution is 6.33. The summed E-state index contributed by atoms with van der Waals surface area (Å²) in [5.41, 5.74) is 4.52. The summed E-state index contributed by atoms with van der Waals surface area (Å²) in [5, 5.41) is 15.5. The third-order valence-corrected chi connectivity index (χ3v) is 9.27. The van der Waals surface area contributed by atoms with Gasteiger partial charge in [0.1, 0.15) is 23.4 Å². The highest BCUT2D eigenvalue weighted by atomic mass is 35.5. The van der Waals surface area contributed by atoms with Crippen LogP contribution in [0.5, 0.6) is 0 Å². The van der Waals surface area contributed by atoms with Crippen LogP contribution in [0.2, 0.25) is 5.02 Å². The molecular weight excluding hydrogens is 610 g/mol. The zero-order valence-corrected chi connectivity index (χ0v) is 26.5. The molecule has 1 fully saturated rings. The van der Waals surface area contributed by atoms with Crippen LogP contribution in [0.15, 0.2) is 53.3 Å². The van der Waals surface area contributed by atoms with E-state index in [1.54, 1.807) is 22.0 Å². The molecule has 46 heavy (non-hydrogen) atoms. The second-order valence-electron chi connectivity index (χ2n) is 11.9.